The molecule has 0 N–H and O–H groups in total. The lowest BCUT2D eigenvalue weighted by molar-refractivity contribution is 0.112. The van der Waals surface area contributed by atoms with Gasteiger partial charge in [-0.2, -0.15) is 5.10 Å². The summed E-state index contributed by atoms with van der Waals surface area (Å²) in [5.74, 6) is 0.286. The van der Waals surface area contributed by atoms with Crippen molar-refractivity contribution >= 4 is 43.4 Å². The van der Waals surface area contributed by atoms with Crippen LogP contribution < -0.4 is 0 Å². The summed E-state index contributed by atoms with van der Waals surface area (Å²) in [5, 5.41) is 6.34. The van der Waals surface area contributed by atoms with E-state index in [0.29, 0.717) is 17.7 Å². The molecule has 0 bridgehead atoms. The quantitative estimate of drug-likeness (QED) is 0.774. The van der Waals surface area contributed by atoms with E-state index in [0.717, 1.165) is 15.6 Å². The molecule has 0 saturated carbocycles. The number of hydrogen-bond acceptors (Lipinski definition) is 5. The van der Waals surface area contributed by atoms with E-state index < -0.39 is 9.84 Å². The minimum Gasteiger partial charge on any atom is -0.298 e. The average Bonchev–Trinajstić information content (AvgIpc) is 3.06. The van der Waals surface area contributed by atoms with Crippen LogP contribution >= 0.6 is 27.3 Å². The Morgan fingerprint density at radius 2 is 2.30 bits per heavy atom. The molecule has 3 heterocycles. The lowest BCUT2D eigenvalue weighted by atomic mass is 10.2. The van der Waals surface area contributed by atoms with E-state index in [1.807, 2.05) is 11.4 Å². The molecule has 0 spiro atoms. The van der Waals surface area contributed by atoms with Gasteiger partial charge < -0.3 is 0 Å². The zero-order valence-corrected chi connectivity index (χ0v) is 13.5. The van der Waals surface area contributed by atoms with Crippen molar-refractivity contribution in [2.24, 2.45) is 0 Å². The molecule has 2 aromatic heterocycles. The molecule has 20 heavy (non-hydrogen) atoms. The van der Waals surface area contributed by atoms with Crippen LogP contribution in [-0.2, 0) is 9.84 Å². The lowest BCUT2D eigenvalue weighted by Gasteiger charge is -2.07. The summed E-state index contributed by atoms with van der Waals surface area (Å²) in [6, 6.07) is 1.73. The highest BCUT2D eigenvalue weighted by Gasteiger charge is 2.30. The van der Waals surface area contributed by atoms with Gasteiger partial charge >= 0.3 is 0 Å². The molecule has 0 aliphatic carbocycles. The maximum absolute atomic E-state index is 11.5. The van der Waals surface area contributed by atoms with Crippen molar-refractivity contribution in [3.8, 4) is 10.6 Å². The van der Waals surface area contributed by atoms with Crippen LogP contribution in [0.1, 0.15) is 22.8 Å². The van der Waals surface area contributed by atoms with Crippen molar-refractivity contribution in [3.63, 3.8) is 0 Å². The maximum atomic E-state index is 11.5. The molecule has 1 fully saturated rings. The van der Waals surface area contributed by atoms with Gasteiger partial charge in [-0.25, -0.2) is 8.42 Å². The Morgan fingerprint density at radius 1 is 1.50 bits per heavy atom. The number of carbonyl (C=O) groups is 1. The largest absolute Gasteiger partial charge is 0.298 e. The van der Waals surface area contributed by atoms with E-state index in [2.05, 4.69) is 21.0 Å². The smallest absolute Gasteiger partial charge is 0.153 e. The van der Waals surface area contributed by atoms with Gasteiger partial charge in [0.05, 0.1) is 28.0 Å². The summed E-state index contributed by atoms with van der Waals surface area (Å²) < 4.78 is 25.6. The number of sulfone groups is 1. The Bertz CT molecular complexity index is 764. The van der Waals surface area contributed by atoms with Gasteiger partial charge in [-0.1, -0.05) is 0 Å². The van der Waals surface area contributed by atoms with E-state index in [1.165, 1.54) is 11.3 Å². The fourth-order valence-corrected chi connectivity index (χ4v) is 5.43. The molecular formula is C12H11BrN2O3S2. The Balaban J connectivity index is 1.99. The van der Waals surface area contributed by atoms with Crippen LogP contribution in [0, 0.1) is 0 Å². The Labute approximate surface area is 128 Å². The van der Waals surface area contributed by atoms with E-state index in [1.54, 1.807) is 10.9 Å². The first-order valence-electron chi connectivity index (χ1n) is 5.98. The highest BCUT2D eigenvalue weighted by molar-refractivity contribution is 9.10. The number of halogens is 1. The molecular weight excluding hydrogens is 364 g/mol. The second-order valence-corrected chi connectivity index (χ2v) is 8.77. The minimum absolute atomic E-state index is 0.0978. The number of aldehydes is 1. The van der Waals surface area contributed by atoms with Crippen LogP contribution in [0.25, 0.3) is 10.6 Å². The van der Waals surface area contributed by atoms with Crippen LogP contribution in [0.4, 0.5) is 0 Å². The molecule has 1 saturated heterocycles. The third-order valence-corrected chi connectivity index (χ3v) is 6.72. The predicted octanol–water partition coefficient (Wildman–Crippen LogP) is 2.55. The fourth-order valence-electron chi connectivity index (χ4n) is 2.29. The molecule has 0 amide bonds. The van der Waals surface area contributed by atoms with E-state index in [4.69, 9.17) is 0 Å². The van der Waals surface area contributed by atoms with Gasteiger partial charge in [0.2, 0.25) is 0 Å². The van der Waals surface area contributed by atoms with Crippen LogP contribution in [0.3, 0.4) is 0 Å². The number of hydrogen-bond donors (Lipinski definition) is 0. The monoisotopic (exact) mass is 374 g/mol. The highest BCUT2D eigenvalue weighted by atomic mass is 79.9. The SMILES string of the molecule is O=Cc1cn(C2CCS(=O)(=O)C2)nc1-c1cc(Br)cs1. The second kappa shape index (κ2) is 5.09. The molecule has 1 aliphatic rings. The van der Waals surface area contributed by atoms with Crippen LogP contribution in [-0.4, -0.2) is 36.0 Å². The summed E-state index contributed by atoms with van der Waals surface area (Å²) in [7, 11) is -2.97. The topological polar surface area (TPSA) is 69.0 Å². The molecule has 3 rings (SSSR count). The molecule has 1 aliphatic heterocycles. The molecule has 5 nitrogen and oxygen atoms in total. The Kier molecular flexibility index (Phi) is 3.55. The number of aromatic nitrogens is 2. The van der Waals surface area contributed by atoms with Gasteiger partial charge in [-0.15, -0.1) is 11.3 Å². The van der Waals surface area contributed by atoms with Crippen molar-refractivity contribution in [1.82, 2.24) is 9.78 Å². The number of nitrogens with zero attached hydrogens (tertiary/aromatic N) is 2. The van der Waals surface area contributed by atoms with Gasteiger partial charge in [0.15, 0.2) is 16.1 Å². The van der Waals surface area contributed by atoms with E-state index >= 15 is 0 Å². The standard InChI is InChI=1S/C12H11BrN2O3S2/c13-9-3-11(19-6-9)12-8(5-16)4-15(14-12)10-1-2-20(17,18)7-10/h3-6,10H,1-2,7H2. The van der Waals surface area contributed by atoms with Gasteiger partial charge in [0.1, 0.15) is 5.69 Å². The third kappa shape index (κ3) is 2.59. The molecule has 1 unspecified atom stereocenters. The Morgan fingerprint density at radius 3 is 2.85 bits per heavy atom. The van der Waals surface area contributed by atoms with Crippen LogP contribution in [0.5, 0.6) is 0 Å². The van der Waals surface area contributed by atoms with Gasteiger partial charge in [0.25, 0.3) is 0 Å². The average molecular weight is 375 g/mol. The number of thiophene rings is 1. The first-order chi connectivity index (χ1) is 9.48. The summed E-state index contributed by atoms with van der Waals surface area (Å²) in [4.78, 5) is 12.1. The van der Waals surface area contributed by atoms with E-state index in [9.17, 15) is 13.2 Å². The first-order valence-corrected chi connectivity index (χ1v) is 9.47. The molecule has 0 radical (unpaired) electrons. The number of carbonyl (C=O) groups excluding carboxylic acids is 1. The zero-order valence-electron chi connectivity index (χ0n) is 10.3. The fraction of sp³-hybridized carbons (Fsp3) is 0.333. The Hall–Kier alpha value is -0.990. The minimum atomic E-state index is -2.97. The summed E-state index contributed by atoms with van der Waals surface area (Å²) in [5.41, 5.74) is 1.10. The molecule has 8 heteroatoms. The van der Waals surface area contributed by atoms with E-state index in [-0.39, 0.29) is 17.5 Å². The van der Waals surface area contributed by atoms with Crippen molar-refractivity contribution in [2.45, 2.75) is 12.5 Å². The third-order valence-electron chi connectivity index (χ3n) is 3.27. The van der Waals surface area contributed by atoms with Crippen molar-refractivity contribution in [1.29, 1.82) is 0 Å². The summed E-state index contributed by atoms with van der Waals surface area (Å²) in [6.07, 6.45) is 2.95. The molecule has 106 valence electrons. The number of rotatable bonds is 3. The van der Waals surface area contributed by atoms with Crippen LogP contribution in [0.15, 0.2) is 22.1 Å². The normalized spacial score (nSPS) is 21.1. The summed E-state index contributed by atoms with van der Waals surface area (Å²) in [6.45, 7) is 0. The maximum Gasteiger partial charge on any atom is 0.153 e. The lowest BCUT2D eigenvalue weighted by Crippen LogP contribution is -2.11. The zero-order chi connectivity index (χ0) is 14.3. The van der Waals surface area contributed by atoms with Crippen molar-refractivity contribution < 1.29 is 13.2 Å². The van der Waals surface area contributed by atoms with Crippen molar-refractivity contribution in [2.75, 3.05) is 11.5 Å². The van der Waals surface area contributed by atoms with Crippen LogP contribution in [0.2, 0.25) is 0 Å². The van der Waals surface area contributed by atoms with Gasteiger partial charge in [0, 0.05) is 16.0 Å². The molecule has 2 aromatic rings. The van der Waals surface area contributed by atoms with Crippen molar-refractivity contribution in [3.05, 3.63) is 27.7 Å². The first kappa shape index (κ1) is 14.0. The molecule has 0 aromatic carbocycles. The summed E-state index contributed by atoms with van der Waals surface area (Å²) >= 11 is 4.86. The second-order valence-electron chi connectivity index (χ2n) is 4.72. The predicted molar refractivity (Wildman–Crippen MR) is 80.9 cm³/mol. The highest BCUT2D eigenvalue weighted by Crippen LogP contribution is 2.32. The van der Waals surface area contributed by atoms with Gasteiger partial charge in [-0.3, -0.25) is 9.48 Å². The van der Waals surface area contributed by atoms with Gasteiger partial charge in [-0.05, 0) is 28.4 Å². The molecule has 1 atom stereocenters.